The molecule has 6 nitrogen and oxygen atoms in total. The van der Waals surface area contributed by atoms with Gasteiger partial charge in [-0.2, -0.15) is 0 Å². The summed E-state index contributed by atoms with van der Waals surface area (Å²) in [5.41, 5.74) is 0. The SMILES string of the molecule is CC1CC(C(=O)O)CN(C(=O)NCC2(S(C)=O)CCC2)C1. The fraction of sp³-hybridized carbons (Fsp3) is 0.857. The molecular weight excluding hydrogens is 292 g/mol. The molecular formula is C14H24N2O4S. The molecule has 1 aliphatic heterocycles. The van der Waals surface area contributed by atoms with Crippen LogP contribution in [0.15, 0.2) is 0 Å². The highest BCUT2D eigenvalue weighted by atomic mass is 32.2. The number of likely N-dealkylation sites (tertiary alicyclic amines) is 1. The average Bonchev–Trinajstić information content (AvgIpc) is 2.35. The Kier molecular flexibility index (Phi) is 4.91. The van der Waals surface area contributed by atoms with Crippen molar-refractivity contribution >= 4 is 22.8 Å². The zero-order valence-corrected chi connectivity index (χ0v) is 13.4. The molecule has 1 saturated heterocycles. The van der Waals surface area contributed by atoms with Crippen molar-refractivity contribution in [2.45, 2.75) is 37.4 Å². The van der Waals surface area contributed by atoms with Crippen LogP contribution in [0.1, 0.15) is 32.6 Å². The predicted octanol–water partition coefficient (Wildman–Crippen LogP) is 1.04. The summed E-state index contributed by atoms with van der Waals surface area (Å²) < 4.78 is 11.5. The molecule has 1 saturated carbocycles. The minimum Gasteiger partial charge on any atom is -0.481 e. The Balaban J connectivity index is 1.90. The lowest BCUT2D eigenvalue weighted by Gasteiger charge is -2.41. The van der Waals surface area contributed by atoms with Crippen LogP contribution in [0.4, 0.5) is 4.79 Å². The number of rotatable bonds is 4. The molecule has 1 heterocycles. The second-order valence-corrected chi connectivity index (χ2v) is 8.20. The van der Waals surface area contributed by atoms with E-state index in [0.29, 0.717) is 19.5 Å². The molecule has 0 aromatic heterocycles. The molecule has 2 amide bonds. The van der Waals surface area contributed by atoms with E-state index in [-0.39, 0.29) is 23.2 Å². The van der Waals surface area contributed by atoms with Gasteiger partial charge in [-0.25, -0.2) is 4.79 Å². The van der Waals surface area contributed by atoms with Crippen molar-refractivity contribution in [3.8, 4) is 0 Å². The van der Waals surface area contributed by atoms with Gasteiger partial charge in [-0.15, -0.1) is 0 Å². The van der Waals surface area contributed by atoms with Gasteiger partial charge in [-0.3, -0.25) is 9.00 Å². The molecule has 3 atom stereocenters. The van der Waals surface area contributed by atoms with E-state index in [2.05, 4.69) is 5.32 Å². The molecule has 0 aromatic rings. The zero-order chi connectivity index (χ0) is 15.6. The van der Waals surface area contributed by atoms with Crippen molar-refractivity contribution < 1.29 is 18.9 Å². The number of carboxylic acids is 1. The lowest BCUT2D eigenvalue weighted by atomic mass is 9.84. The highest BCUT2D eigenvalue weighted by molar-refractivity contribution is 7.85. The number of aliphatic carboxylic acids is 1. The first-order valence-electron chi connectivity index (χ1n) is 7.43. The third-order valence-electron chi connectivity index (χ3n) is 4.73. The van der Waals surface area contributed by atoms with E-state index >= 15 is 0 Å². The predicted molar refractivity (Wildman–Crippen MR) is 80.5 cm³/mol. The number of carboxylic acid groups (broad SMARTS) is 1. The molecule has 2 rings (SSSR count). The summed E-state index contributed by atoms with van der Waals surface area (Å²) in [6, 6.07) is -0.232. The third kappa shape index (κ3) is 3.56. The average molecular weight is 316 g/mol. The molecule has 0 bridgehead atoms. The van der Waals surface area contributed by atoms with Crippen molar-refractivity contribution in [2.24, 2.45) is 11.8 Å². The van der Waals surface area contributed by atoms with Crippen molar-refractivity contribution in [1.82, 2.24) is 10.2 Å². The maximum Gasteiger partial charge on any atom is 0.317 e. The van der Waals surface area contributed by atoms with Crippen molar-refractivity contribution in [1.29, 1.82) is 0 Å². The smallest absolute Gasteiger partial charge is 0.317 e. The van der Waals surface area contributed by atoms with E-state index in [1.165, 1.54) is 0 Å². The Labute approximate surface area is 127 Å². The molecule has 1 aliphatic carbocycles. The number of amides is 2. The second-order valence-electron chi connectivity index (χ2n) is 6.43. The van der Waals surface area contributed by atoms with Gasteiger partial charge in [-0.1, -0.05) is 13.3 Å². The standard InChI is InChI=1S/C14H24N2O4S/c1-10-6-11(12(17)18)8-16(7-10)13(19)15-9-14(21(2)20)4-3-5-14/h10-11H,3-9H2,1-2H3,(H,15,19)(H,17,18). The Morgan fingerprint density at radius 1 is 1.38 bits per heavy atom. The molecule has 2 fully saturated rings. The zero-order valence-electron chi connectivity index (χ0n) is 12.6. The van der Waals surface area contributed by atoms with Gasteiger partial charge in [0.1, 0.15) is 0 Å². The lowest BCUT2D eigenvalue weighted by Crippen LogP contribution is -2.55. The van der Waals surface area contributed by atoms with Crippen molar-refractivity contribution in [3.05, 3.63) is 0 Å². The normalized spacial score (nSPS) is 29.3. The first-order valence-corrected chi connectivity index (χ1v) is 8.99. The van der Waals surface area contributed by atoms with Crippen molar-refractivity contribution in [2.75, 3.05) is 25.9 Å². The van der Waals surface area contributed by atoms with E-state index in [0.717, 1.165) is 19.3 Å². The van der Waals surface area contributed by atoms with Gasteiger partial charge in [0.15, 0.2) is 0 Å². The second kappa shape index (κ2) is 6.34. The Bertz CT molecular complexity index is 450. The minimum absolute atomic E-state index is 0.184. The molecule has 3 unspecified atom stereocenters. The van der Waals surface area contributed by atoms with Gasteiger partial charge in [0.05, 0.1) is 10.7 Å². The molecule has 7 heteroatoms. The van der Waals surface area contributed by atoms with E-state index < -0.39 is 22.7 Å². The Morgan fingerprint density at radius 3 is 2.52 bits per heavy atom. The summed E-state index contributed by atoms with van der Waals surface area (Å²) in [5, 5.41) is 12.0. The third-order valence-corrected chi connectivity index (χ3v) is 6.50. The van der Waals surface area contributed by atoms with Crippen LogP contribution in [0, 0.1) is 11.8 Å². The number of carbonyl (C=O) groups excluding carboxylic acids is 1. The van der Waals surface area contributed by atoms with Gasteiger partial charge < -0.3 is 15.3 Å². The summed E-state index contributed by atoms with van der Waals surface area (Å²) in [6.45, 7) is 3.22. The molecule has 2 N–H and O–H groups in total. The molecule has 0 spiro atoms. The van der Waals surface area contributed by atoms with Crippen molar-refractivity contribution in [3.63, 3.8) is 0 Å². The van der Waals surface area contributed by atoms with Gasteiger partial charge in [0.25, 0.3) is 0 Å². The van der Waals surface area contributed by atoms with Crippen LogP contribution in [0.2, 0.25) is 0 Å². The molecule has 21 heavy (non-hydrogen) atoms. The van der Waals surface area contributed by atoms with Crippen LogP contribution in [0.5, 0.6) is 0 Å². The van der Waals surface area contributed by atoms with E-state index in [4.69, 9.17) is 5.11 Å². The first-order chi connectivity index (χ1) is 9.84. The maximum atomic E-state index is 12.2. The van der Waals surface area contributed by atoms with Gasteiger partial charge >= 0.3 is 12.0 Å². The summed E-state index contributed by atoms with van der Waals surface area (Å²) in [4.78, 5) is 25.0. The number of piperidine rings is 1. The van der Waals surface area contributed by atoms with Crippen LogP contribution in [0.25, 0.3) is 0 Å². The Morgan fingerprint density at radius 2 is 2.05 bits per heavy atom. The summed E-state index contributed by atoms with van der Waals surface area (Å²) in [6.07, 6.45) is 5.11. The minimum atomic E-state index is -0.952. The van der Waals surface area contributed by atoms with Gasteiger partial charge in [0, 0.05) is 36.7 Å². The quantitative estimate of drug-likeness (QED) is 0.811. The van der Waals surface area contributed by atoms with Gasteiger partial charge in [0.2, 0.25) is 0 Å². The molecule has 2 aliphatic rings. The molecule has 0 aromatic carbocycles. The number of nitrogens with zero attached hydrogens (tertiary/aromatic N) is 1. The van der Waals surface area contributed by atoms with E-state index in [9.17, 15) is 13.8 Å². The van der Waals surface area contributed by atoms with Crippen LogP contribution < -0.4 is 5.32 Å². The molecule has 120 valence electrons. The summed E-state index contributed by atoms with van der Waals surface area (Å²) in [7, 11) is -0.952. The van der Waals surface area contributed by atoms with Crippen LogP contribution >= 0.6 is 0 Å². The fourth-order valence-electron chi connectivity index (χ4n) is 3.18. The Hall–Kier alpha value is -1.11. The highest BCUT2D eigenvalue weighted by Crippen LogP contribution is 2.36. The summed E-state index contributed by atoms with van der Waals surface area (Å²) in [5.74, 6) is -1.15. The number of urea groups is 1. The van der Waals surface area contributed by atoms with Crippen LogP contribution in [-0.2, 0) is 15.6 Å². The topological polar surface area (TPSA) is 86.7 Å². The number of nitrogens with one attached hydrogen (secondary N) is 1. The number of hydrogen-bond acceptors (Lipinski definition) is 3. The maximum absolute atomic E-state index is 12.2. The molecule has 0 radical (unpaired) electrons. The van der Waals surface area contributed by atoms with Crippen LogP contribution in [0.3, 0.4) is 0 Å². The van der Waals surface area contributed by atoms with Gasteiger partial charge in [-0.05, 0) is 25.2 Å². The van der Waals surface area contributed by atoms with E-state index in [1.54, 1.807) is 11.2 Å². The highest BCUT2D eigenvalue weighted by Gasteiger charge is 2.41. The fourth-order valence-corrected chi connectivity index (χ4v) is 4.32. The number of hydrogen-bond donors (Lipinski definition) is 2. The van der Waals surface area contributed by atoms with Crippen LogP contribution in [-0.4, -0.2) is 56.9 Å². The summed E-state index contributed by atoms with van der Waals surface area (Å²) >= 11 is 0. The monoisotopic (exact) mass is 316 g/mol. The van der Waals surface area contributed by atoms with E-state index in [1.807, 2.05) is 6.92 Å². The largest absolute Gasteiger partial charge is 0.481 e. The number of carbonyl (C=O) groups is 2. The first kappa shape index (κ1) is 16.3. The lowest BCUT2D eigenvalue weighted by molar-refractivity contribution is -0.143.